The van der Waals surface area contributed by atoms with Crippen LogP contribution in [0.1, 0.15) is 89.4 Å². The van der Waals surface area contributed by atoms with Crippen LogP contribution >= 0.6 is 0 Å². The first-order valence-electron chi connectivity index (χ1n) is 21.3. The number of likely N-dealkylation sites (tertiary alicyclic amines) is 1. The predicted octanol–water partition coefficient (Wildman–Crippen LogP) is 7.35. The molecule has 6 aliphatic heterocycles. The summed E-state index contributed by atoms with van der Waals surface area (Å²) in [6.07, 6.45) is 5.24. The minimum atomic E-state index is -0.740. The van der Waals surface area contributed by atoms with Crippen LogP contribution in [0.4, 0.5) is 24.5 Å². The highest BCUT2D eigenvalue weighted by molar-refractivity contribution is 6.04. The number of hydrogen-bond donors (Lipinski definition) is 1. The quantitative estimate of drug-likeness (QED) is 0.194. The number of ether oxygens (including phenoxy) is 1. The molecule has 3 amide bonds. The van der Waals surface area contributed by atoms with Gasteiger partial charge < -0.3 is 24.5 Å². The van der Waals surface area contributed by atoms with E-state index >= 15 is 13.2 Å². The lowest BCUT2D eigenvalue weighted by Gasteiger charge is -2.55. The fraction of sp³-hybridized carbons (Fsp3) is 0.426. The fourth-order valence-corrected chi connectivity index (χ4v) is 10.8. The Morgan fingerprint density at radius 1 is 0.783 bits per heavy atom. The van der Waals surface area contributed by atoms with E-state index < -0.39 is 23.5 Å². The number of imide groups is 1. The van der Waals surface area contributed by atoms with Crippen LogP contribution in [-0.4, -0.2) is 90.2 Å². The van der Waals surface area contributed by atoms with E-state index in [-0.39, 0.29) is 66.3 Å². The second kappa shape index (κ2) is 15.2. The third-order valence-electron chi connectivity index (χ3n) is 14.0. The van der Waals surface area contributed by atoms with Crippen molar-refractivity contribution in [2.24, 2.45) is 11.3 Å². The number of amides is 3. The molecule has 0 aliphatic carbocycles. The topological polar surface area (TPSA) is 96.9 Å². The standard InChI is InChI=1S/C47H48F3N5O5/c48-37-3-1-4-38(49)45(37)36-26-60-41-23-33(56)9-11-35(41)44(36)30-7-12-40(39(50)22-30)52-17-13-29(14-18-52)24-51-19-15-47(16-20-51)27-53(28-47)32-8-10-34-31(21-32)25-54(46(34)59)55-42(57)5-2-6-43(55)58/h1,3-4,7-12,21-23,29,36,44,56H,2,5-6,13-20,24-28H2/t36-,44+/m1/s1. The van der Waals surface area contributed by atoms with E-state index in [4.69, 9.17) is 4.74 Å². The molecule has 6 aliphatic rings. The first kappa shape index (κ1) is 38.6. The maximum absolute atomic E-state index is 16.1. The van der Waals surface area contributed by atoms with Gasteiger partial charge in [-0.25, -0.2) is 18.2 Å². The van der Waals surface area contributed by atoms with Gasteiger partial charge in [-0.1, -0.05) is 18.2 Å². The lowest BCUT2D eigenvalue weighted by Crippen LogP contribution is -2.60. The molecule has 0 unspecified atom stereocenters. The number of hydrogen-bond acceptors (Lipinski definition) is 8. The number of fused-ring (bicyclic) bond motifs is 2. The van der Waals surface area contributed by atoms with Gasteiger partial charge in [0.15, 0.2) is 0 Å². The average molecular weight is 820 g/mol. The molecule has 1 N–H and O–H groups in total. The van der Waals surface area contributed by atoms with Crippen LogP contribution in [0.2, 0.25) is 0 Å². The summed E-state index contributed by atoms with van der Waals surface area (Å²) in [5.41, 5.74) is 4.40. The predicted molar refractivity (Wildman–Crippen MR) is 218 cm³/mol. The lowest BCUT2D eigenvalue weighted by atomic mass is 9.71. The number of halogens is 3. The van der Waals surface area contributed by atoms with Crippen LogP contribution in [0.25, 0.3) is 0 Å². The number of rotatable bonds is 7. The number of piperidine rings is 3. The molecule has 0 bridgehead atoms. The molecular formula is C47H48F3N5O5. The molecule has 1 spiro atoms. The number of carbonyl (C=O) groups excluding carboxylic acids is 3. The molecule has 0 aromatic heterocycles. The van der Waals surface area contributed by atoms with Crippen molar-refractivity contribution in [3.63, 3.8) is 0 Å². The number of hydrazine groups is 1. The Hall–Kier alpha value is -5.56. The molecule has 312 valence electrons. The zero-order valence-corrected chi connectivity index (χ0v) is 33.4. The number of nitrogens with zero attached hydrogens (tertiary/aromatic N) is 5. The van der Waals surface area contributed by atoms with E-state index in [9.17, 15) is 19.5 Å². The number of aromatic hydroxyl groups is 1. The summed E-state index contributed by atoms with van der Waals surface area (Å²) in [4.78, 5) is 45.2. The van der Waals surface area contributed by atoms with Crippen LogP contribution in [0.15, 0.2) is 72.8 Å². The molecule has 10 rings (SSSR count). The van der Waals surface area contributed by atoms with Crippen molar-refractivity contribution < 1.29 is 37.4 Å². The smallest absolute Gasteiger partial charge is 0.273 e. The normalized spacial score (nSPS) is 23.1. The molecule has 10 nitrogen and oxygen atoms in total. The van der Waals surface area contributed by atoms with Crippen molar-refractivity contribution in [1.29, 1.82) is 0 Å². The fourth-order valence-electron chi connectivity index (χ4n) is 10.8. The monoisotopic (exact) mass is 819 g/mol. The SMILES string of the molecule is O=C1c2ccc(N3CC4(CCN(CC5CCN(c6ccc([C@H]7c8ccc(O)cc8OC[C@H]7c7c(F)cccc7F)cc6F)CC5)CC4)C3)cc2CN1N1C(=O)CCCC1=O. The van der Waals surface area contributed by atoms with Crippen LogP contribution in [0.3, 0.4) is 0 Å². The highest BCUT2D eigenvalue weighted by Crippen LogP contribution is 2.49. The first-order valence-corrected chi connectivity index (χ1v) is 21.3. The van der Waals surface area contributed by atoms with Gasteiger partial charge >= 0.3 is 0 Å². The van der Waals surface area contributed by atoms with E-state index in [0.717, 1.165) is 87.8 Å². The Kier molecular flexibility index (Phi) is 9.76. The second-order valence-corrected chi connectivity index (χ2v) is 17.7. The first-order chi connectivity index (χ1) is 29.0. The Morgan fingerprint density at radius 3 is 2.23 bits per heavy atom. The molecule has 0 radical (unpaired) electrons. The maximum Gasteiger partial charge on any atom is 0.273 e. The molecule has 0 saturated carbocycles. The highest BCUT2D eigenvalue weighted by atomic mass is 19.1. The van der Waals surface area contributed by atoms with Crippen LogP contribution in [0, 0.1) is 28.8 Å². The van der Waals surface area contributed by atoms with Crippen molar-refractivity contribution in [2.45, 2.75) is 63.3 Å². The molecule has 13 heteroatoms. The minimum Gasteiger partial charge on any atom is -0.508 e. The average Bonchev–Trinajstić information content (AvgIpc) is 3.54. The van der Waals surface area contributed by atoms with Gasteiger partial charge in [0.1, 0.15) is 29.0 Å². The van der Waals surface area contributed by atoms with Gasteiger partial charge in [0.25, 0.3) is 5.91 Å². The second-order valence-electron chi connectivity index (χ2n) is 17.7. The van der Waals surface area contributed by atoms with Gasteiger partial charge in [-0.2, -0.15) is 5.01 Å². The zero-order chi connectivity index (χ0) is 41.3. The summed E-state index contributed by atoms with van der Waals surface area (Å²) in [7, 11) is 0. The van der Waals surface area contributed by atoms with E-state index in [1.165, 1.54) is 41.4 Å². The van der Waals surface area contributed by atoms with Gasteiger partial charge in [0.05, 0.1) is 18.8 Å². The van der Waals surface area contributed by atoms with E-state index in [1.54, 1.807) is 12.1 Å². The van der Waals surface area contributed by atoms with E-state index in [0.29, 0.717) is 40.5 Å². The Labute approximate surface area is 347 Å². The molecule has 4 saturated heterocycles. The van der Waals surface area contributed by atoms with Crippen molar-refractivity contribution in [2.75, 3.05) is 62.2 Å². The summed E-state index contributed by atoms with van der Waals surface area (Å²) in [6, 6.07) is 19.5. The van der Waals surface area contributed by atoms with Crippen LogP contribution in [0.5, 0.6) is 11.5 Å². The van der Waals surface area contributed by atoms with Gasteiger partial charge in [-0.05, 0) is 111 Å². The van der Waals surface area contributed by atoms with Gasteiger partial charge in [-0.3, -0.25) is 14.4 Å². The highest BCUT2D eigenvalue weighted by Gasteiger charge is 2.46. The third kappa shape index (κ3) is 6.84. The molecular weight excluding hydrogens is 772 g/mol. The largest absolute Gasteiger partial charge is 0.508 e. The molecule has 6 heterocycles. The summed E-state index contributed by atoms with van der Waals surface area (Å²) in [5.74, 6) is -3.03. The van der Waals surface area contributed by atoms with Crippen LogP contribution in [-0.2, 0) is 16.1 Å². The van der Waals surface area contributed by atoms with Crippen molar-refractivity contribution in [3.05, 3.63) is 118 Å². The summed E-state index contributed by atoms with van der Waals surface area (Å²) >= 11 is 0. The molecule has 60 heavy (non-hydrogen) atoms. The molecule has 2 atom stereocenters. The number of anilines is 2. The Morgan fingerprint density at radius 2 is 1.52 bits per heavy atom. The minimum absolute atomic E-state index is 0.0127. The molecule has 4 fully saturated rings. The van der Waals surface area contributed by atoms with Gasteiger partial charge in [0, 0.05) is 91.3 Å². The van der Waals surface area contributed by atoms with E-state index in [1.807, 2.05) is 24.3 Å². The van der Waals surface area contributed by atoms with Crippen molar-refractivity contribution in [1.82, 2.24) is 14.9 Å². The van der Waals surface area contributed by atoms with Gasteiger partial charge in [-0.15, -0.1) is 0 Å². The molecule has 4 aromatic carbocycles. The Bertz CT molecular complexity index is 2330. The zero-order valence-electron chi connectivity index (χ0n) is 33.4. The number of carbonyl (C=O) groups is 3. The van der Waals surface area contributed by atoms with Crippen molar-refractivity contribution in [3.8, 4) is 11.5 Å². The van der Waals surface area contributed by atoms with E-state index in [2.05, 4.69) is 14.7 Å². The third-order valence-corrected chi connectivity index (χ3v) is 14.0. The summed E-state index contributed by atoms with van der Waals surface area (Å²) in [5, 5.41) is 12.5. The lowest BCUT2D eigenvalue weighted by molar-refractivity contribution is -0.163. The Balaban J connectivity index is 0.731. The number of phenols is 1. The number of benzene rings is 4. The molecule has 4 aromatic rings. The van der Waals surface area contributed by atoms with Crippen LogP contribution < -0.4 is 14.5 Å². The summed E-state index contributed by atoms with van der Waals surface area (Å²) < 4.78 is 52.2. The van der Waals surface area contributed by atoms with Gasteiger partial charge in [0.2, 0.25) is 11.8 Å². The summed E-state index contributed by atoms with van der Waals surface area (Å²) in [6.45, 7) is 6.73. The maximum atomic E-state index is 16.1. The van der Waals surface area contributed by atoms with Crippen molar-refractivity contribution >= 4 is 29.1 Å². The number of phenolic OH excluding ortho intramolecular Hbond substituents is 1.